The molecule has 0 aliphatic carbocycles. The number of nitrogens with zero attached hydrogens (tertiary/aromatic N) is 4. The van der Waals surface area contributed by atoms with E-state index in [9.17, 15) is 31.1 Å². The van der Waals surface area contributed by atoms with Gasteiger partial charge in [0.05, 0.1) is 30.6 Å². The van der Waals surface area contributed by atoms with Crippen LogP contribution in [0.25, 0.3) is 0 Å². The minimum Gasteiger partial charge on any atom is -0.487 e. The van der Waals surface area contributed by atoms with Crippen molar-refractivity contribution in [2.45, 2.75) is 44.5 Å². The Morgan fingerprint density at radius 3 is 2.66 bits per heavy atom. The number of alkyl halides is 5. The number of ether oxygens (including phenoxy) is 1. The largest absolute Gasteiger partial charge is 0.487 e. The zero-order chi connectivity index (χ0) is 27.4. The van der Waals surface area contributed by atoms with Gasteiger partial charge in [0.2, 0.25) is 0 Å². The number of aryl methyl sites for hydroxylation is 1. The van der Waals surface area contributed by atoms with E-state index in [-0.39, 0.29) is 40.5 Å². The average molecular weight is 563 g/mol. The summed E-state index contributed by atoms with van der Waals surface area (Å²) < 4.78 is 88.6. The number of likely N-dealkylation sites (tertiary alicyclic amines) is 1. The molecule has 2 aromatic rings. The van der Waals surface area contributed by atoms with Gasteiger partial charge in [-0.1, -0.05) is 0 Å². The SMILES string of the molecule is Cc1nsc(NC2=NC(C(F)(F)F)CN=C2)c1C(=O)Nc1ccc(OC2CCN(CC(F)F)CC2)c(F)c1. The number of carbonyl (C=O) groups is 1. The second kappa shape index (κ2) is 11.7. The van der Waals surface area contributed by atoms with Crippen molar-refractivity contribution in [3.63, 3.8) is 0 Å². The van der Waals surface area contributed by atoms with E-state index in [4.69, 9.17) is 4.74 Å². The van der Waals surface area contributed by atoms with E-state index in [0.717, 1.165) is 23.8 Å². The Morgan fingerprint density at radius 2 is 2.00 bits per heavy atom. The highest BCUT2D eigenvalue weighted by Gasteiger charge is 2.40. The molecule has 1 aromatic heterocycles. The zero-order valence-electron chi connectivity index (χ0n) is 20.1. The highest BCUT2D eigenvalue weighted by atomic mass is 32.1. The number of carbonyl (C=O) groups excluding carboxylic acids is 1. The normalized spacial score (nSPS) is 18.9. The van der Waals surface area contributed by atoms with Crippen molar-refractivity contribution >= 4 is 40.2 Å². The third-order valence-corrected chi connectivity index (χ3v) is 6.76. The molecule has 1 aromatic carbocycles. The lowest BCUT2D eigenvalue weighted by Crippen LogP contribution is -2.40. The first-order valence-electron chi connectivity index (χ1n) is 11.6. The molecule has 0 bridgehead atoms. The lowest BCUT2D eigenvalue weighted by atomic mass is 10.1. The van der Waals surface area contributed by atoms with Gasteiger partial charge in [0.1, 0.15) is 16.9 Å². The number of aliphatic imine (C=N–C) groups is 2. The summed E-state index contributed by atoms with van der Waals surface area (Å²) in [7, 11) is 0. The van der Waals surface area contributed by atoms with Gasteiger partial charge in [-0.25, -0.2) is 13.2 Å². The van der Waals surface area contributed by atoms with Gasteiger partial charge in [0.25, 0.3) is 12.3 Å². The topological polar surface area (TPSA) is 91.2 Å². The summed E-state index contributed by atoms with van der Waals surface area (Å²) in [5.74, 6) is -1.56. The zero-order valence-corrected chi connectivity index (χ0v) is 20.9. The van der Waals surface area contributed by atoms with E-state index in [1.165, 1.54) is 12.1 Å². The van der Waals surface area contributed by atoms with Crippen molar-refractivity contribution in [1.82, 2.24) is 9.27 Å². The smallest absolute Gasteiger partial charge is 0.412 e. The molecule has 0 radical (unpaired) electrons. The van der Waals surface area contributed by atoms with Crippen molar-refractivity contribution in [2.75, 3.05) is 36.8 Å². The van der Waals surface area contributed by atoms with Gasteiger partial charge in [-0.15, -0.1) is 0 Å². The molecule has 3 heterocycles. The summed E-state index contributed by atoms with van der Waals surface area (Å²) >= 11 is 0.861. The monoisotopic (exact) mass is 562 g/mol. The molecule has 1 atom stereocenters. The molecule has 0 spiro atoms. The maximum Gasteiger partial charge on any atom is 0.412 e. The number of hydrogen-bond acceptors (Lipinski definition) is 8. The van der Waals surface area contributed by atoms with Gasteiger partial charge in [-0.05, 0) is 43.4 Å². The fourth-order valence-electron chi connectivity index (χ4n) is 4.01. The van der Waals surface area contributed by atoms with E-state index in [0.29, 0.717) is 31.6 Å². The molecule has 2 N–H and O–H groups in total. The molecule has 2 aliphatic heterocycles. The predicted octanol–water partition coefficient (Wildman–Crippen LogP) is 4.78. The first-order chi connectivity index (χ1) is 18.0. The maximum atomic E-state index is 14.7. The molecule has 1 unspecified atom stereocenters. The minimum atomic E-state index is -4.56. The van der Waals surface area contributed by atoms with E-state index in [1.54, 1.807) is 11.8 Å². The van der Waals surface area contributed by atoms with Crippen LogP contribution in [0.3, 0.4) is 0 Å². The molecule has 0 saturated carbocycles. The van der Waals surface area contributed by atoms with Crippen LogP contribution in [0.4, 0.5) is 37.0 Å². The highest BCUT2D eigenvalue weighted by Crippen LogP contribution is 2.29. The fourth-order valence-corrected chi connectivity index (χ4v) is 4.81. The first-order valence-corrected chi connectivity index (χ1v) is 12.4. The van der Waals surface area contributed by atoms with Crippen molar-refractivity contribution in [3.05, 3.63) is 35.3 Å². The molecule has 2 aliphatic rings. The Morgan fingerprint density at radius 1 is 1.26 bits per heavy atom. The van der Waals surface area contributed by atoms with Crippen LogP contribution in [-0.4, -0.2) is 78.2 Å². The quantitative estimate of drug-likeness (QED) is 0.475. The van der Waals surface area contributed by atoms with E-state index >= 15 is 0 Å². The number of nitrogens with one attached hydrogen (secondary N) is 2. The van der Waals surface area contributed by atoms with Crippen molar-refractivity contribution in [3.8, 4) is 5.75 Å². The number of rotatable bonds is 7. The second-order valence-electron chi connectivity index (χ2n) is 8.77. The Kier molecular flexibility index (Phi) is 8.55. The third-order valence-electron chi connectivity index (χ3n) is 5.91. The number of benzene rings is 1. The van der Waals surface area contributed by atoms with E-state index < -0.39 is 36.9 Å². The van der Waals surface area contributed by atoms with Crippen LogP contribution in [0.5, 0.6) is 5.75 Å². The van der Waals surface area contributed by atoms with Gasteiger partial charge in [0, 0.05) is 24.8 Å². The fraction of sp³-hybridized carbons (Fsp3) is 0.478. The standard InChI is InChI=1S/C23H24F6N6O2S/c1-12-20(22(38-34-12)33-19-10-30-9-17(32-19)23(27,28)29)21(36)31-13-2-3-16(15(24)8-13)37-14-4-6-35(7-5-14)11-18(25)26/h2-3,8,10,14,17-18H,4-7,9,11H2,1H3,(H,31,36)(H,32,33). The van der Waals surface area contributed by atoms with Crippen LogP contribution < -0.4 is 15.4 Å². The van der Waals surface area contributed by atoms with E-state index in [2.05, 4.69) is 25.0 Å². The minimum absolute atomic E-state index is 0.0279. The number of halogens is 6. The number of amidine groups is 1. The van der Waals surface area contributed by atoms with Crippen LogP contribution in [0.2, 0.25) is 0 Å². The van der Waals surface area contributed by atoms with Gasteiger partial charge < -0.3 is 15.4 Å². The van der Waals surface area contributed by atoms with Crippen molar-refractivity contribution in [1.29, 1.82) is 0 Å². The molecule has 8 nitrogen and oxygen atoms in total. The number of anilines is 2. The lowest BCUT2D eigenvalue weighted by molar-refractivity contribution is -0.144. The Bertz CT molecular complexity index is 1210. The maximum absolute atomic E-state index is 14.7. The molecule has 1 saturated heterocycles. The van der Waals surface area contributed by atoms with Crippen molar-refractivity contribution < 1.29 is 35.9 Å². The molecular weight excluding hydrogens is 538 g/mol. The number of aromatic nitrogens is 1. The number of hydrogen-bond donors (Lipinski definition) is 2. The Hall–Kier alpha value is -3.20. The number of piperidine rings is 1. The van der Waals surface area contributed by atoms with Gasteiger partial charge in [-0.3, -0.25) is 19.7 Å². The van der Waals surface area contributed by atoms with Gasteiger partial charge in [-0.2, -0.15) is 17.5 Å². The van der Waals surface area contributed by atoms with Crippen LogP contribution in [-0.2, 0) is 0 Å². The lowest BCUT2D eigenvalue weighted by Gasteiger charge is -2.31. The summed E-state index contributed by atoms with van der Waals surface area (Å²) in [6.07, 6.45) is -5.19. The molecule has 1 amide bonds. The molecule has 1 fully saturated rings. The summed E-state index contributed by atoms with van der Waals surface area (Å²) in [6, 6.07) is 1.89. The molecule has 15 heteroatoms. The molecule has 38 heavy (non-hydrogen) atoms. The highest BCUT2D eigenvalue weighted by molar-refractivity contribution is 7.11. The first kappa shape index (κ1) is 27.8. The van der Waals surface area contributed by atoms with Gasteiger partial charge in [0.15, 0.2) is 17.6 Å². The predicted molar refractivity (Wildman–Crippen MR) is 132 cm³/mol. The summed E-state index contributed by atoms with van der Waals surface area (Å²) in [4.78, 5) is 21.9. The van der Waals surface area contributed by atoms with Crippen LogP contribution in [0, 0.1) is 12.7 Å². The molecule has 4 rings (SSSR count). The van der Waals surface area contributed by atoms with Gasteiger partial charge >= 0.3 is 6.18 Å². The van der Waals surface area contributed by atoms with Crippen LogP contribution >= 0.6 is 11.5 Å². The summed E-state index contributed by atoms with van der Waals surface area (Å²) in [6.45, 7) is 1.57. The van der Waals surface area contributed by atoms with Crippen LogP contribution in [0.1, 0.15) is 28.9 Å². The average Bonchev–Trinajstić information content (AvgIpc) is 3.21. The van der Waals surface area contributed by atoms with E-state index in [1.807, 2.05) is 0 Å². The third kappa shape index (κ3) is 7.01. The number of amides is 1. The Labute approximate surface area is 218 Å². The second-order valence-corrected chi connectivity index (χ2v) is 9.54. The Balaban J connectivity index is 1.39. The molecular formula is C23H24F6N6O2S. The summed E-state index contributed by atoms with van der Waals surface area (Å²) in [5.41, 5.74) is 0.503. The van der Waals surface area contributed by atoms with Crippen molar-refractivity contribution in [2.24, 2.45) is 9.98 Å². The van der Waals surface area contributed by atoms with Crippen LogP contribution in [0.15, 0.2) is 28.2 Å². The molecule has 206 valence electrons. The summed E-state index contributed by atoms with van der Waals surface area (Å²) in [5, 5.41) is 5.39.